The molecule has 2 aromatic carbocycles. The van der Waals surface area contributed by atoms with Crippen LogP contribution in [0.15, 0.2) is 40.9 Å². The van der Waals surface area contributed by atoms with Crippen LogP contribution in [-0.2, 0) is 6.42 Å². The summed E-state index contributed by atoms with van der Waals surface area (Å²) < 4.78 is 20.0. The molecular weight excluding hydrogens is 353 g/mol. The summed E-state index contributed by atoms with van der Waals surface area (Å²) in [7, 11) is 0. The predicted octanol–water partition coefficient (Wildman–Crippen LogP) is 4.97. The van der Waals surface area contributed by atoms with Crippen LogP contribution in [0.4, 0.5) is 4.39 Å². The quantitative estimate of drug-likeness (QED) is 0.757. The molecule has 0 aliphatic rings. The summed E-state index contributed by atoms with van der Waals surface area (Å²) >= 11 is 8.02. The highest BCUT2D eigenvalue weighted by molar-refractivity contribution is 9.10. The molecule has 0 aromatic heterocycles. The SMILES string of the molecule is CCCc1ccc(Oc2ccc(C(N)=S)c(Br)c2F)cc1. The molecule has 2 N–H and O–H groups in total. The van der Waals surface area contributed by atoms with Crippen LogP contribution in [0.5, 0.6) is 11.5 Å². The Morgan fingerprint density at radius 2 is 1.90 bits per heavy atom. The standard InChI is InChI=1S/C16H15BrFNOS/c1-2-3-10-4-6-11(7-5-10)20-13-9-8-12(16(19)21)14(17)15(13)18/h4-9H,2-3H2,1H3,(H2,19,21). The second-order valence-electron chi connectivity index (χ2n) is 4.60. The average molecular weight is 368 g/mol. The van der Waals surface area contributed by atoms with Gasteiger partial charge in [-0.2, -0.15) is 0 Å². The summed E-state index contributed by atoms with van der Waals surface area (Å²) in [6.07, 6.45) is 2.10. The summed E-state index contributed by atoms with van der Waals surface area (Å²) in [5, 5.41) is 0. The van der Waals surface area contributed by atoms with Crippen LogP contribution in [0.2, 0.25) is 0 Å². The molecule has 0 aliphatic carbocycles. The van der Waals surface area contributed by atoms with Gasteiger partial charge in [-0.3, -0.25) is 0 Å². The number of thiocarbonyl (C=S) groups is 1. The van der Waals surface area contributed by atoms with E-state index in [2.05, 4.69) is 22.9 Å². The van der Waals surface area contributed by atoms with Crippen LogP contribution in [0.1, 0.15) is 24.5 Å². The van der Waals surface area contributed by atoms with Gasteiger partial charge in [0.15, 0.2) is 11.6 Å². The van der Waals surface area contributed by atoms with Crippen LogP contribution in [0.3, 0.4) is 0 Å². The Hall–Kier alpha value is -1.46. The van der Waals surface area contributed by atoms with Crippen molar-refractivity contribution in [2.45, 2.75) is 19.8 Å². The van der Waals surface area contributed by atoms with Crippen LogP contribution < -0.4 is 10.5 Å². The number of aryl methyl sites for hydroxylation is 1. The first-order valence-corrected chi connectivity index (χ1v) is 7.77. The molecule has 2 nitrogen and oxygen atoms in total. The lowest BCUT2D eigenvalue weighted by molar-refractivity contribution is 0.440. The summed E-state index contributed by atoms with van der Waals surface area (Å²) in [5.74, 6) is 0.201. The van der Waals surface area contributed by atoms with Crippen LogP contribution in [0, 0.1) is 5.82 Å². The lowest BCUT2D eigenvalue weighted by atomic mass is 10.1. The zero-order chi connectivity index (χ0) is 15.4. The van der Waals surface area contributed by atoms with Gasteiger partial charge in [-0.05, 0) is 52.2 Å². The molecule has 0 radical (unpaired) electrons. The molecule has 0 amide bonds. The summed E-state index contributed by atoms with van der Waals surface area (Å²) in [6.45, 7) is 2.13. The number of ether oxygens (including phenoxy) is 1. The molecule has 0 atom stereocenters. The third-order valence-corrected chi connectivity index (χ3v) is 4.00. The summed E-state index contributed by atoms with van der Waals surface area (Å²) in [6, 6.07) is 10.8. The van der Waals surface area contributed by atoms with E-state index >= 15 is 0 Å². The van der Waals surface area contributed by atoms with Gasteiger partial charge < -0.3 is 10.5 Å². The van der Waals surface area contributed by atoms with Crippen LogP contribution in [0.25, 0.3) is 0 Å². The zero-order valence-corrected chi connectivity index (χ0v) is 13.9. The third kappa shape index (κ3) is 3.80. The first-order valence-electron chi connectivity index (χ1n) is 6.57. The molecule has 0 spiro atoms. The normalized spacial score (nSPS) is 10.4. The smallest absolute Gasteiger partial charge is 0.180 e. The first-order chi connectivity index (χ1) is 10.0. The highest BCUT2D eigenvalue weighted by Crippen LogP contribution is 2.31. The Morgan fingerprint density at radius 3 is 2.48 bits per heavy atom. The van der Waals surface area contributed by atoms with Gasteiger partial charge in [0.25, 0.3) is 0 Å². The topological polar surface area (TPSA) is 35.2 Å². The maximum atomic E-state index is 14.2. The minimum Gasteiger partial charge on any atom is -0.454 e. The van der Waals surface area contributed by atoms with E-state index in [0.29, 0.717) is 11.3 Å². The van der Waals surface area contributed by atoms with Crippen molar-refractivity contribution in [3.05, 3.63) is 57.8 Å². The number of benzene rings is 2. The van der Waals surface area contributed by atoms with E-state index in [1.807, 2.05) is 24.3 Å². The van der Waals surface area contributed by atoms with Crippen molar-refractivity contribution < 1.29 is 9.13 Å². The van der Waals surface area contributed by atoms with E-state index in [-0.39, 0.29) is 15.2 Å². The van der Waals surface area contributed by atoms with Gasteiger partial charge in [0.05, 0.1) is 4.47 Å². The molecule has 0 aliphatic heterocycles. The second kappa shape index (κ2) is 7.00. The molecule has 2 aromatic rings. The van der Waals surface area contributed by atoms with Gasteiger partial charge >= 0.3 is 0 Å². The van der Waals surface area contributed by atoms with E-state index in [0.717, 1.165) is 12.8 Å². The molecule has 110 valence electrons. The molecule has 0 fully saturated rings. The molecule has 0 saturated carbocycles. The van der Waals surface area contributed by atoms with Crippen molar-refractivity contribution in [1.29, 1.82) is 0 Å². The minimum absolute atomic E-state index is 0.130. The van der Waals surface area contributed by atoms with Crippen molar-refractivity contribution in [1.82, 2.24) is 0 Å². The van der Waals surface area contributed by atoms with Gasteiger partial charge in [-0.15, -0.1) is 0 Å². The Kier molecular flexibility index (Phi) is 5.31. The fourth-order valence-electron chi connectivity index (χ4n) is 1.94. The Balaban J connectivity index is 2.23. The maximum absolute atomic E-state index is 14.2. The largest absolute Gasteiger partial charge is 0.454 e. The Morgan fingerprint density at radius 1 is 1.24 bits per heavy atom. The van der Waals surface area contributed by atoms with Crippen molar-refractivity contribution in [3.63, 3.8) is 0 Å². The molecule has 0 unspecified atom stereocenters. The van der Waals surface area contributed by atoms with Gasteiger partial charge in [0, 0.05) is 5.56 Å². The van der Waals surface area contributed by atoms with E-state index in [4.69, 9.17) is 22.7 Å². The number of hydrogen-bond donors (Lipinski definition) is 1. The van der Waals surface area contributed by atoms with Crippen molar-refractivity contribution in [2.75, 3.05) is 0 Å². The number of halogens is 2. The number of rotatable bonds is 5. The van der Waals surface area contributed by atoms with E-state index in [9.17, 15) is 4.39 Å². The Labute approximate surface area is 137 Å². The van der Waals surface area contributed by atoms with Crippen LogP contribution in [-0.4, -0.2) is 4.99 Å². The van der Waals surface area contributed by atoms with Crippen molar-refractivity contribution in [3.8, 4) is 11.5 Å². The van der Waals surface area contributed by atoms with Gasteiger partial charge in [0.2, 0.25) is 0 Å². The van der Waals surface area contributed by atoms with Crippen molar-refractivity contribution in [2.24, 2.45) is 5.73 Å². The number of nitrogens with two attached hydrogens (primary N) is 1. The average Bonchev–Trinajstić information content (AvgIpc) is 2.46. The fourth-order valence-corrected chi connectivity index (χ4v) is 2.78. The monoisotopic (exact) mass is 367 g/mol. The maximum Gasteiger partial charge on any atom is 0.180 e. The predicted molar refractivity (Wildman–Crippen MR) is 90.5 cm³/mol. The Bertz CT molecular complexity index is 658. The van der Waals surface area contributed by atoms with Gasteiger partial charge in [-0.25, -0.2) is 4.39 Å². The molecule has 21 heavy (non-hydrogen) atoms. The van der Waals surface area contributed by atoms with Crippen molar-refractivity contribution >= 4 is 33.1 Å². The molecule has 2 rings (SSSR count). The lowest BCUT2D eigenvalue weighted by Gasteiger charge is -2.10. The van der Waals surface area contributed by atoms with E-state index in [1.165, 1.54) is 11.6 Å². The van der Waals surface area contributed by atoms with Crippen LogP contribution >= 0.6 is 28.1 Å². The first kappa shape index (κ1) is 15.9. The molecule has 5 heteroatoms. The number of hydrogen-bond acceptors (Lipinski definition) is 2. The second-order valence-corrected chi connectivity index (χ2v) is 5.83. The third-order valence-electron chi connectivity index (χ3n) is 3.00. The highest BCUT2D eigenvalue weighted by Gasteiger charge is 2.14. The molecular formula is C16H15BrFNOS. The van der Waals surface area contributed by atoms with Gasteiger partial charge in [0.1, 0.15) is 10.7 Å². The summed E-state index contributed by atoms with van der Waals surface area (Å²) in [4.78, 5) is 0.135. The fraction of sp³-hybridized carbons (Fsp3) is 0.188. The zero-order valence-electron chi connectivity index (χ0n) is 11.5. The molecule has 0 bridgehead atoms. The lowest BCUT2D eigenvalue weighted by Crippen LogP contribution is -2.11. The van der Waals surface area contributed by atoms with E-state index < -0.39 is 5.82 Å². The molecule has 0 saturated heterocycles. The summed E-state index contributed by atoms with van der Waals surface area (Å²) in [5.41, 5.74) is 7.21. The highest BCUT2D eigenvalue weighted by atomic mass is 79.9. The van der Waals surface area contributed by atoms with E-state index in [1.54, 1.807) is 6.07 Å². The van der Waals surface area contributed by atoms with Gasteiger partial charge in [-0.1, -0.05) is 37.7 Å². The minimum atomic E-state index is -0.516. The molecule has 0 heterocycles.